The molecule has 0 spiro atoms. The standard InChI is InChI=1S/C14H8ClF3O/c15-13(19)12-10(9-5-2-1-3-6-9)7-4-8-11(12)14(16,17)18/h1-8H. The molecule has 98 valence electrons. The van der Waals surface area contributed by atoms with Gasteiger partial charge < -0.3 is 0 Å². The fourth-order valence-corrected chi connectivity index (χ4v) is 2.06. The summed E-state index contributed by atoms with van der Waals surface area (Å²) in [7, 11) is 0. The normalized spacial score (nSPS) is 11.4. The minimum atomic E-state index is -4.62. The van der Waals surface area contributed by atoms with Crippen LogP contribution in [0.2, 0.25) is 0 Å². The van der Waals surface area contributed by atoms with Gasteiger partial charge in [0, 0.05) is 0 Å². The van der Waals surface area contributed by atoms with Crippen molar-refractivity contribution >= 4 is 16.8 Å². The molecule has 0 unspecified atom stereocenters. The van der Waals surface area contributed by atoms with Gasteiger partial charge in [-0.15, -0.1) is 0 Å². The number of halogens is 4. The molecule has 0 heterocycles. The first-order valence-corrected chi connectivity index (χ1v) is 5.74. The van der Waals surface area contributed by atoms with Gasteiger partial charge in [-0.2, -0.15) is 13.2 Å². The van der Waals surface area contributed by atoms with Crippen LogP contribution >= 0.6 is 11.6 Å². The molecule has 0 fully saturated rings. The summed E-state index contributed by atoms with van der Waals surface area (Å²) >= 11 is 5.33. The Morgan fingerprint density at radius 3 is 2.11 bits per heavy atom. The van der Waals surface area contributed by atoms with Crippen molar-refractivity contribution in [1.29, 1.82) is 0 Å². The van der Waals surface area contributed by atoms with E-state index in [0.29, 0.717) is 5.56 Å². The second kappa shape index (κ2) is 5.05. The Bertz CT molecular complexity index is 606. The van der Waals surface area contributed by atoms with Gasteiger partial charge in [-0.25, -0.2) is 0 Å². The van der Waals surface area contributed by atoms with Crippen LogP contribution in [-0.2, 0) is 6.18 Å². The lowest BCUT2D eigenvalue weighted by molar-refractivity contribution is -0.137. The maximum absolute atomic E-state index is 12.9. The lowest BCUT2D eigenvalue weighted by atomic mass is 9.96. The highest BCUT2D eigenvalue weighted by molar-refractivity contribution is 6.68. The molecule has 0 saturated carbocycles. The van der Waals surface area contributed by atoms with E-state index in [1.165, 1.54) is 12.1 Å². The van der Waals surface area contributed by atoms with E-state index in [2.05, 4.69) is 0 Å². The minimum absolute atomic E-state index is 0.176. The molecule has 0 aliphatic rings. The van der Waals surface area contributed by atoms with Crippen LogP contribution < -0.4 is 0 Å². The Morgan fingerprint density at radius 2 is 1.58 bits per heavy atom. The number of hydrogen-bond acceptors (Lipinski definition) is 1. The zero-order chi connectivity index (χ0) is 14.0. The van der Waals surface area contributed by atoms with E-state index in [1.807, 2.05) is 0 Å². The van der Waals surface area contributed by atoms with Gasteiger partial charge in [-0.1, -0.05) is 42.5 Å². The lowest BCUT2D eigenvalue weighted by Crippen LogP contribution is -2.12. The summed E-state index contributed by atoms with van der Waals surface area (Å²) in [5.41, 5.74) is -0.843. The van der Waals surface area contributed by atoms with E-state index in [-0.39, 0.29) is 5.56 Å². The number of carbonyl (C=O) groups excluding carboxylic acids is 1. The molecule has 1 nitrogen and oxygen atoms in total. The van der Waals surface area contributed by atoms with Crippen molar-refractivity contribution in [2.24, 2.45) is 0 Å². The van der Waals surface area contributed by atoms with Crippen LogP contribution in [0.4, 0.5) is 13.2 Å². The number of carbonyl (C=O) groups is 1. The lowest BCUT2D eigenvalue weighted by Gasteiger charge is -2.14. The molecule has 19 heavy (non-hydrogen) atoms. The molecular weight excluding hydrogens is 277 g/mol. The molecule has 2 rings (SSSR count). The van der Waals surface area contributed by atoms with Crippen molar-refractivity contribution in [2.45, 2.75) is 6.18 Å². The molecule has 5 heteroatoms. The summed E-state index contributed by atoms with van der Waals surface area (Å²) in [4.78, 5) is 11.4. The summed E-state index contributed by atoms with van der Waals surface area (Å²) in [5, 5.41) is -1.12. The van der Waals surface area contributed by atoms with Crippen molar-refractivity contribution < 1.29 is 18.0 Å². The first-order chi connectivity index (χ1) is 8.91. The van der Waals surface area contributed by atoms with Crippen LogP contribution in [0.15, 0.2) is 48.5 Å². The largest absolute Gasteiger partial charge is 0.417 e. The quantitative estimate of drug-likeness (QED) is 0.727. The van der Waals surface area contributed by atoms with Crippen molar-refractivity contribution in [3.8, 4) is 11.1 Å². The molecule has 0 aliphatic carbocycles. The summed E-state index contributed by atoms with van der Waals surface area (Å²) in [5.74, 6) is 0. The van der Waals surface area contributed by atoms with Crippen LogP contribution in [0.3, 0.4) is 0 Å². The van der Waals surface area contributed by atoms with Gasteiger partial charge in [0.25, 0.3) is 5.24 Å². The maximum Gasteiger partial charge on any atom is 0.417 e. The van der Waals surface area contributed by atoms with Crippen LogP contribution in [-0.4, -0.2) is 5.24 Å². The zero-order valence-electron chi connectivity index (χ0n) is 9.54. The van der Waals surface area contributed by atoms with Gasteiger partial charge >= 0.3 is 6.18 Å². The molecule has 2 aromatic carbocycles. The van der Waals surface area contributed by atoms with Gasteiger partial charge in [0.2, 0.25) is 0 Å². The Morgan fingerprint density at radius 1 is 0.947 bits per heavy atom. The van der Waals surface area contributed by atoms with E-state index in [4.69, 9.17) is 11.6 Å². The van der Waals surface area contributed by atoms with E-state index in [0.717, 1.165) is 6.07 Å². The number of alkyl halides is 3. The van der Waals surface area contributed by atoms with Gasteiger partial charge in [0.1, 0.15) is 0 Å². The summed E-state index contributed by atoms with van der Waals surface area (Å²) < 4.78 is 38.7. The van der Waals surface area contributed by atoms with Gasteiger partial charge in [-0.3, -0.25) is 4.79 Å². The van der Waals surface area contributed by atoms with Crippen LogP contribution in [0.25, 0.3) is 11.1 Å². The average molecular weight is 285 g/mol. The van der Waals surface area contributed by atoms with Gasteiger partial charge in [0.05, 0.1) is 11.1 Å². The third-order valence-electron chi connectivity index (χ3n) is 2.65. The molecule has 0 N–H and O–H groups in total. The van der Waals surface area contributed by atoms with Gasteiger partial charge in [-0.05, 0) is 28.8 Å². The van der Waals surface area contributed by atoms with E-state index in [9.17, 15) is 18.0 Å². The predicted molar refractivity (Wildman–Crippen MR) is 67.1 cm³/mol. The smallest absolute Gasteiger partial charge is 0.276 e. The Labute approximate surface area is 112 Å². The van der Waals surface area contributed by atoms with Gasteiger partial charge in [0.15, 0.2) is 0 Å². The van der Waals surface area contributed by atoms with Crippen molar-refractivity contribution in [3.63, 3.8) is 0 Å². The van der Waals surface area contributed by atoms with Crippen LogP contribution in [0, 0.1) is 0 Å². The number of benzene rings is 2. The number of hydrogen-bond donors (Lipinski definition) is 0. The van der Waals surface area contributed by atoms with Crippen molar-refractivity contribution in [2.75, 3.05) is 0 Å². The summed E-state index contributed by atoms with van der Waals surface area (Å²) in [6.45, 7) is 0. The fraction of sp³-hybridized carbons (Fsp3) is 0.0714. The molecule has 0 aromatic heterocycles. The Hall–Kier alpha value is -1.81. The number of rotatable bonds is 2. The molecule has 0 aliphatic heterocycles. The third kappa shape index (κ3) is 2.79. The average Bonchev–Trinajstić information content (AvgIpc) is 2.37. The van der Waals surface area contributed by atoms with E-state index in [1.54, 1.807) is 30.3 Å². The van der Waals surface area contributed by atoms with Crippen LogP contribution in [0.5, 0.6) is 0 Å². The minimum Gasteiger partial charge on any atom is -0.276 e. The van der Waals surface area contributed by atoms with E-state index < -0.39 is 22.5 Å². The van der Waals surface area contributed by atoms with E-state index >= 15 is 0 Å². The topological polar surface area (TPSA) is 17.1 Å². The molecule has 0 amide bonds. The highest BCUT2D eigenvalue weighted by Gasteiger charge is 2.36. The monoisotopic (exact) mass is 284 g/mol. The fourth-order valence-electron chi connectivity index (χ4n) is 1.86. The Balaban J connectivity index is 2.73. The molecule has 2 aromatic rings. The first kappa shape index (κ1) is 13.6. The second-order valence-corrected chi connectivity index (χ2v) is 4.21. The zero-order valence-corrected chi connectivity index (χ0v) is 10.3. The Kier molecular flexibility index (Phi) is 3.62. The molecule has 0 saturated heterocycles. The molecule has 0 atom stereocenters. The summed E-state index contributed by atoms with van der Waals surface area (Å²) in [6, 6.07) is 11.9. The maximum atomic E-state index is 12.9. The predicted octanol–water partition coefficient (Wildman–Crippen LogP) is 4.75. The SMILES string of the molecule is O=C(Cl)c1c(-c2ccccc2)cccc1C(F)(F)F. The summed E-state index contributed by atoms with van der Waals surface area (Å²) in [6.07, 6.45) is -4.62. The molecule has 0 bridgehead atoms. The van der Waals surface area contributed by atoms with Crippen molar-refractivity contribution in [1.82, 2.24) is 0 Å². The van der Waals surface area contributed by atoms with Crippen LogP contribution in [0.1, 0.15) is 15.9 Å². The third-order valence-corrected chi connectivity index (χ3v) is 2.84. The molecular formula is C14H8ClF3O. The highest BCUT2D eigenvalue weighted by Crippen LogP contribution is 2.37. The van der Waals surface area contributed by atoms with Crippen molar-refractivity contribution in [3.05, 3.63) is 59.7 Å². The molecule has 0 radical (unpaired) electrons. The highest BCUT2D eigenvalue weighted by atomic mass is 35.5. The second-order valence-electron chi connectivity index (χ2n) is 3.87. The first-order valence-electron chi connectivity index (χ1n) is 5.36.